The molecule has 4 rings (SSSR count). The number of halogens is 1. The van der Waals surface area contributed by atoms with Gasteiger partial charge in [0.05, 0.1) is 10.6 Å². The van der Waals surface area contributed by atoms with Gasteiger partial charge in [0.15, 0.2) is 11.0 Å². The van der Waals surface area contributed by atoms with E-state index in [1.807, 2.05) is 35.9 Å². The fraction of sp³-hybridized carbons (Fsp3) is 0.192. The first-order valence-electron chi connectivity index (χ1n) is 10.6. The topological polar surface area (TPSA) is 59.8 Å². The highest BCUT2D eigenvalue weighted by Crippen LogP contribution is 2.29. The van der Waals surface area contributed by atoms with Crippen molar-refractivity contribution in [2.24, 2.45) is 7.05 Å². The summed E-state index contributed by atoms with van der Waals surface area (Å²) in [4.78, 5) is 12.5. The van der Waals surface area contributed by atoms with E-state index in [1.54, 1.807) is 36.0 Å². The number of carbonyl (C=O) groups is 1. The summed E-state index contributed by atoms with van der Waals surface area (Å²) in [6, 6.07) is 19.0. The summed E-state index contributed by atoms with van der Waals surface area (Å²) in [5, 5.41) is 13.0. The maximum Gasteiger partial charge on any atom is 0.257 e. The Labute approximate surface area is 203 Å². The fourth-order valence-corrected chi connectivity index (χ4v) is 5.14. The molecule has 0 bridgehead atoms. The molecule has 1 amide bonds. The number of rotatable bonds is 6. The van der Waals surface area contributed by atoms with Crippen LogP contribution < -0.4 is 5.32 Å². The van der Waals surface area contributed by atoms with E-state index in [2.05, 4.69) is 48.4 Å². The van der Waals surface area contributed by atoms with Gasteiger partial charge in [-0.05, 0) is 73.9 Å². The summed E-state index contributed by atoms with van der Waals surface area (Å²) < 4.78 is 2.00. The quantitative estimate of drug-likeness (QED) is 0.318. The zero-order valence-corrected chi connectivity index (χ0v) is 20.6. The fourth-order valence-electron chi connectivity index (χ4n) is 3.81. The Kier molecular flexibility index (Phi) is 6.86. The van der Waals surface area contributed by atoms with Gasteiger partial charge >= 0.3 is 0 Å². The Morgan fingerprint density at radius 2 is 1.67 bits per heavy atom. The predicted molar refractivity (Wildman–Crippen MR) is 136 cm³/mol. The van der Waals surface area contributed by atoms with Crippen molar-refractivity contribution in [2.45, 2.75) is 31.7 Å². The van der Waals surface area contributed by atoms with E-state index in [9.17, 15) is 4.79 Å². The highest BCUT2D eigenvalue weighted by molar-refractivity contribution is 7.98. The second-order valence-corrected chi connectivity index (χ2v) is 9.39. The van der Waals surface area contributed by atoms with Gasteiger partial charge < -0.3 is 9.88 Å². The first-order chi connectivity index (χ1) is 15.8. The number of hydrogen-bond acceptors (Lipinski definition) is 4. The number of nitrogens with one attached hydrogen (secondary N) is 1. The van der Waals surface area contributed by atoms with Crippen molar-refractivity contribution in [3.63, 3.8) is 0 Å². The molecule has 0 fully saturated rings. The third kappa shape index (κ3) is 5.13. The molecule has 5 nitrogen and oxygen atoms in total. The van der Waals surface area contributed by atoms with Gasteiger partial charge in [0.25, 0.3) is 5.91 Å². The van der Waals surface area contributed by atoms with Crippen molar-refractivity contribution in [1.82, 2.24) is 14.8 Å². The lowest BCUT2D eigenvalue weighted by Crippen LogP contribution is -2.12. The lowest BCUT2D eigenvalue weighted by atomic mass is 10.0. The molecule has 33 heavy (non-hydrogen) atoms. The van der Waals surface area contributed by atoms with Gasteiger partial charge in [-0.15, -0.1) is 10.2 Å². The minimum atomic E-state index is -0.243. The van der Waals surface area contributed by atoms with Crippen LogP contribution in [0.4, 0.5) is 5.69 Å². The molecule has 0 atom stereocenters. The third-order valence-corrected chi connectivity index (χ3v) is 6.92. The minimum Gasteiger partial charge on any atom is -0.322 e. The van der Waals surface area contributed by atoms with Crippen molar-refractivity contribution < 1.29 is 4.79 Å². The number of thioether (sulfide) groups is 1. The standard InChI is InChI=1S/C26H25ClN4OS/c1-16-13-17(2)22(18(3)14-16)15-33-26-30-29-24(31(26)4)19-9-11-20(12-10-19)28-25(32)21-7-5-6-8-23(21)27/h5-14H,15H2,1-4H3,(H,28,32). The molecule has 0 aliphatic heterocycles. The van der Waals surface area contributed by atoms with Crippen LogP contribution in [0.3, 0.4) is 0 Å². The summed E-state index contributed by atoms with van der Waals surface area (Å²) in [6.45, 7) is 6.44. The first kappa shape index (κ1) is 23.1. The van der Waals surface area contributed by atoms with Crippen molar-refractivity contribution in [2.75, 3.05) is 5.32 Å². The van der Waals surface area contributed by atoms with Gasteiger partial charge in [-0.25, -0.2) is 0 Å². The lowest BCUT2D eigenvalue weighted by Gasteiger charge is -2.11. The molecule has 0 saturated carbocycles. The monoisotopic (exact) mass is 476 g/mol. The number of benzene rings is 3. The zero-order chi connectivity index (χ0) is 23.5. The largest absolute Gasteiger partial charge is 0.322 e. The molecule has 1 heterocycles. The first-order valence-corrected chi connectivity index (χ1v) is 11.9. The van der Waals surface area contributed by atoms with Gasteiger partial charge in [-0.1, -0.05) is 53.2 Å². The second-order valence-electron chi connectivity index (χ2n) is 8.04. The van der Waals surface area contributed by atoms with Crippen molar-refractivity contribution in [1.29, 1.82) is 0 Å². The van der Waals surface area contributed by atoms with Crippen LogP contribution in [0.2, 0.25) is 5.02 Å². The number of aryl methyl sites for hydroxylation is 3. The van der Waals surface area contributed by atoms with E-state index >= 15 is 0 Å². The predicted octanol–water partition coefficient (Wildman–Crippen LogP) is 6.61. The Balaban J connectivity index is 1.46. The van der Waals surface area contributed by atoms with E-state index in [4.69, 9.17) is 11.6 Å². The van der Waals surface area contributed by atoms with Crippen molar-refractivity contribution in [3.05, 3.63) is 93.5 Å². The smallest absolute Gasteiger partial charge is 0.257 e. The van der Waals surface area contributed by atoms with Crippen LogP contribution in [-0.2, 0) is 12.8 Å². The number of anilines is 1. The summed E-state index contributed by atoms with van der Waals surface area (Å²) >= 11 is 7.80. The van der Waals surface area contributed by atoms with E-state index < -0.39 is 0 Å². The van der Waals surface area contributed by atoms with Gasteiger partial charge in [0, 0.05) is 24.1 Å². The van der Waals surface area contributed by atoms with Gasteiger partial charge in [-0.2, -0.15) is 0 Å². The molecule has 1 N–H and O–H groups in total. The molecule has 0 spiro atoms. The molecule has 0 aliphatic rings. The minimum absolute atomic E-state index is 0.243. The summed E-state index contributed by atoms with van der Waals surface area (Å²) in [6.07, 6.45) is 0. The molecule has 0 radical (unpaired) electrons. The Bertz CT molecular complexity index is 1290. The van der Waals surface area contributed by atoms with Crippen LogP contribution in [0.5, 0.6) is 0 Å². The Morgan fingerprint density at radius 1 is 1.00 bits per heavy atom. The highest BCUT2D eigenvalue weighted by atomic mass is 35.5. The van der Waals surface area contributed by atoms with Gasteiger partial charge in [0.2, 0.25) is 0 Å². The lowest BCUT2D eigenvalue weighted by molar-refractivity contribution is 0.102. The molecule has 168 valence electrons. The van der Waals surface area contributed by atoms with Crippen molar-refractivity contribution >= 4 is 35.0 Å². The number of nitrogens with zero attached hydrogens (tertiary/aromatic N) is 3. The average molecular weight is 477 g/mol. The maximum atomic E-state index is 12.5. The Hall–Kier alpha value is -3.09. The number of aromatic nitrogens is 3. The molecular formula is C26H25ClN4OS. The molecule has 0 aliphatic carbocycles. The number of amides is 1. The normalized spacial score (nSPS) is 10.9. The van der Waals surface area contributed by atoms with E-state index in [1.165, 1.54) is 22.3 Å². The molecule has 0 saturated heterocycles. The summed E-state index contributed by atoms with van der Waals surface area (Å²) in [7, 11) is 1.97. The van der Waals surface area contributed by atoms with Gasteiger partial charge in [0.1, 0.15) is 0 Å². The number of hydrogen-bond donors (Lipinski definition) is 1. The summed E-state index contributed by atoms with van der Waals surface area (Å²) in [5.74, 6) is 1.38. The molecule has 3 aromatic carbocycles. The van der Waals surface area contributed by atoms with Crippen LogP contribution in [-0.4, -0.2) is 20.7 Å². The van der Waals surface area contributed by atoms with Crippen LogP contribution >= 0.6 is 23.4 Å². The Morgan fingerprint density at radius 3 is 2.33 bits per heavy atom. The van der Waals surface area contributed by atoms with Gasteiger partial charge in [-0.3, -0.25) is 4.79 Å². The molecule has 7 heteroatoms. The van der Waals surface area contributed by atoms with E-state index in [0.29, 0.717) is 16.3 Å². The van der Waals surface area contributed by atoms with Crippen LogP contribution in [0, 0.1) is 20.8 Å². The SMILES string of the molecule is Cc1cc(C)c(CSc2nnc(-c3ccc(NC(=O)c4ccccc4Cl)cc3)n2C)c(C)c1. The van der Waals surface area contributed by atoms with E-state index in [-0.39, 0.29) is 5.91 Å². The molecular weight excluding hydrogens is 452 g/mol. The number of carbonyl (C=O) groups excluding carboxylic acids is 1. The molecule has 1 aromatic heterocycles. The van der Waals surface area contributed by atoms with Crippen LogP contribution in [0.25, 0.3) is 11.4 Å². The zero-order valence-electron chi connectivity index (χ0n) is 19.0. The third-order valence-electron chi connectivity index (χ3n) is 5.54. The van der Waals surface area contributed by atoms with Crippen molar-refractivity contribution in [3.8, 4) is 11.4 Å². The van der Waals surface area contributed by atoms with E-state index in [0.717, 1.165) is 22.3 Å². The average Bonchev–Trinajstić information content (AvgIpc) is 3.14. The maximum absolute atomic E-state index is 12.5. The molecule has 4 aromatic rings. The molecule has 0 unspecified atom stereocenters. The summed E-state index contributed by atoms with van der Waals surface area (Å²) in [5.41, 5.74) is 7.28. The van der Waals surface area contributed by atoms with Crippen LogP contribution in [0.1, 0.15) is 32.6 Å². The second kappa shape index (κ2) is 9.81. The van der Waals surface area contributed by atoms with Crippen LogP contribution in [0.15, 0.2) is 65.8 Å². The highest BCUT2D eigenvalue weighted by Gasteiger charge is 2.14.